The third kappa shape index (κ3) is 6.82. The van der Waals surface area contributed by atoms with Gasteiger partial charge in [-0.05, 0) is 63.1 Å². The Hall–Kier alpha value is -3.02. The Bertz CT molecular complexity index is 784. The maximum atomic E-state index is 12.4. The van der Waals surface area contributed by atoms with Gasteiger partial charge in [-0.1, -0.05) is 24.3 Å². The Morgan fingerprint density at radius 1 is 0.966 bits per heavy atom. The molecule has 0 radical (unpaired) electrons. The normalized spacial score (nSPS) is 11.4. The first-order chi connectivity index (χ1) is 14.0. The van der Waals surface area contributed by atoms with Crippen LogP contribution in [-0.2, 0) is 11.2 Å². The molecule has 0 aliphatic carbocycles. The van der Waals surface area contributed by atoms with Crippen molar-refractivity contribution in [3.8, 4) is 5.75 Å². The molecule has 0 aliphatic heterocycles. The molecule has 2 rings (SSSR count). The molecule has 0 bridgehead atoms. The highest BCUT2D eigenvalue weighted by molar-refractivity contribution is 5.89. The maximum Gasteiger partial charge on any atom is 0.321 e. The van der Waals surface area contributed by atoms with Crippen molar-refractivity contribution in [2.75, 3.05) is 25.0 Å². The van der Waals surface area contributed by atoms with Gasteiger partial charge < -0.3 is 20.3 Å². The van der Waals surface area contributed by atoms with Gasteiger partial charge in [-0.15, -0.1) is 0 Å². The average Bonchev–Trinajstić information content (AvgIpc) is 2.71. The molecule has 0 spiro atoms. The molecule has 1 atom stereocenters. The van der Waals surface area contributed by atoms with E-state index in [2.05, 4.69) is 10.6 Å². The number of carbonyl (C=O) groups excluding carboxylic acids is 2. The number of nitrogens with one attached hydrogen (secondary N) is 2. The van der Waals surface area contributed by atoms with Crippen molar-refractivity contribution in [2.45, 2.75) is 40.2 Å². The molecule has 2 aromatic carbocycles. The molecule has 1 unspecified atom stereocenters. The standard InChI is InChI=1S/C23H31N3O3/c1-5-26(6-2)23(28)25-20-12-10-19(11-13-20)17(4)24-22(27)16-18-8-14-21(15-9-18)29-7-3/h8-15,17H,5-7,16H2,1-4H3,(H,24,27)(H,25,28). The third-order valence-electron chi connectivity index (χ3n) is 4.69. The SMILES string of the molecule is CCOc1ccc(CC(=O)NC(C)c2ccc(NC(=O)N(CC)CC)cc2)cc1. The number of nitrogens with zero attached hydrogens (tertiary/aromatic N) is 1. The summed E-state index contributed by atoms with van der Waals surface area (Å²) in [7, 11) is 0. The number of benzene rings is 2. The molecule has 156 valence electrons. The lowest BCUT2D eigenvalue weighted by Gasteiger charge is -2.19. The minimum Gasteiger partial charge on any atom is -0.494 e. The number of ether oxygens (including phenoxy) is 1. The maximum absolute atomic E-state index is 12.4. The lowest BCUT2D eigenvalue weighted by atomic mass is 10.1. The number of hydrogen-bond donors (Lipinski definition) is 2. The molecule has 0 fully saturated rings. The van der Waals surface area contributed by atoms with Crippen LogP contribution in [0, 0.1) is 0 Å². The van der Waals surface area contributed by atoms with Crippen LogP contribution >= 0.6 is 0 Å². The number of rotatable bonds is 9. The van der Waals surface area contributed by atoms with E-state index in [1.807, 2.05) is 76.2 Å². The van der Waals surface area contributed by atoms with E-state index in [1.54, 1.807) is 4.90 Å². The highest BCUT2D eigenvalue weighted by atomic mass is 16.5. The van der Waals surface area contributed by atoms with Crippen LogP contribution < -0.4 is 15.4 Å². The fourth-order valence-electron chi connectivity index (χ4n) is 3.00. The Balaban J connectivity index is 1.88. The molecular formula is C23H31N3O3. The lowest BCUT2D eigenvalue weighted by Crippen LogP contribution is -2.34. The summed E-state index contributed by atoms with van der Waals surface area (Å²) >= 11 is 0. The molecule has 3 amide bonds. The van der Waals surface area contributed by atoms with Crippen molar-refractivity contribution >= 4 is 17.6 Å². The molecule has 6 nitrogen and oxygen atoms in total. The van der Waals surface area contributed by atoms with Crippen molar-refractivity contribution in [3.63, 3.8) is 0 Å². The Kier molecular flexibility index (Phi) is 8.52. The molecule has 0 saturated carbocycles. The molecular weight excluding hydrogens is 366 g/mol. The van der Waals surface area contributed by atoms with Gasteiger partial charge in [-0.3, -0.25) is 4.79 Å². The topological polar surface area (TPSA) is 70.7 Å². The minimum absolute atomic E-state index is 0.0411. The van der Waals surface area contributed by atoms with Crippen molar-refractivity contribution in [1.29, 1.82) is 0 Å². The highest BCUT2D eigenvalue weighted by Crippen LogP contribution is 2.17. The van der Waals surface area contributed by atoms with Crippen molar-refractivity contribution < 1.29 is 14.3 Å². The van der Waals surface area contributed by atoms with Crippen LogP contribution in [0.3, 0.4) is 0 Å². The first-order valence-corrected chi connectivity index (χ1v) is 10.1. The predicted molar refractivity (Wildman–Crippen MR) is 116 cm³/mol. The van der Waals surface area contributed by atoms with Crippen LogP contribution in [0.1, 0.15) is 44.9 Å². The van der Waals surface area contributed by atoms with Crippen molar-refractivity contribution in [3.05, 3.63) is 59.7 Å². The zero-order valence-electron chi connectivity index (χ0n) is 17.7. The summed E-state index contributed by atoms with van der Waals surface area (Å²) in [6.07, 6.45) is 0.314. The second-order valence-corrected chi connectivity index (χ2v) is 6.77. The fourth-order valence-corrected chi connectivity index (χ4v) is 3.00. The van der Waals surface area contributed by atoms with E-state index < -0.39 is 0 Å². The van der Waals surface area contributed by atoms with E-state index in [9.17, 15) is 9.59 Å². The van der Waals surface area contributed by atoms with Crippen LogP contribution in [0.25, 0.3) is 0 Å². The fraction of sp³-hybridized carbons (Fsp3) is 0.391. The highest BCUT2D eigenvalue weighted by Gasteiger charge is 2.12. The van der Waals surface area contributed by atoms with Gasteiger partial charge in [-0.2, -0.15) is 0 Å². The summed E-state index contributed by atoms with van der Waals surface area (Å²) in [5.74, 6) is 0.763. The quantitative estimate of drug-likeness (QED) is 0.660. The minimum atomic E-state index is -0.127. The zero-order chi connectivity index (χ0) is 21.2. The second-order valence-electron chi connectivity index (χ2n) is 6.77. The van der Waals surface area contributed by atoms with Gasteiger partial charge in [0.15, 0.2) is 0 Å². The van der Waals surface area contributed by atoms with E-state index in [0.717, 1.165) is 22.6 Å². The summed E-state index contributed by atoms with van der Waals surface area (Å²) < 4.78 is 5.42. The van der Waals surface area contributed by atoms with Gasteiger partial charge in [-0.25, -0.2) is 4.79 Å². The summed E-state index contributed by atoms with van der Waals surface area (Å²) in [5.41, 5.74) is 2.65. The number of anilines is 1. The van der Waals surface area contributed by atoms with Gasteiger partial charge in [0.1, 0.15) is 5.75 Å². The molecule has 6 heteroatoms. The predicted octanol–water partition coefficient (Wildman–Crippen LogP) is 4.38. The van der Waals surface area contributed by atoms with Crippen LogP contribution in [0.5, 0.6) is 5.75 Å². The molecule has 0 heterocycles. The zero-order valence-corrected chi connectivity index (χ0v) is 17.7. The van der Waals surface area contributed by atoms with Gasteiger partial charge in [0.25, 0.3) is 0 Å². The van der Waals surface area contributed by atoms with E-state index >= 15 is 0 Å². The third-order valence-corrected chi connectivity index (χ3v) is 4.69. The van der Waals surface area contributed by atoms with E-state index in [4.69, 9.17) is 4.74 Å². The van der Waals surface area contributed by atoms with Crippen molar-refractivity contribution in [1.82, 2.24) is 10.2 Å². The van der Waals surface area contributed by atoms with Crippen LogP contribution in [-0.4, -0.2) is 36.5 Å². The van der Waals surface area contributed by atoms with Crippen molar-refractivity contribution in [2.24, 2.45) is 0 Å². The Labute approximate surface area is 173 Å². The smallest absolute Gasteiger partial charge is 0.321 e. The molecule has 2 aromatic rings. The summed E-state index contributed by atoms with van der Waals surface area (Å²) in [6, 6.07) is 14.9. The second kappa shape index (κ2) is 11.1. The van der Waals surface area contributed by atoms with Gasteiger partial charge in [0.2, 0.25) is 5.91 Å². The van der Waals surface area contributed by atoms with Crippen LogP contribution in [0.15, 0.2) is 48.5 Å². The largest absolute Gasteiger partial charge is 0.494 e. The molecule has 0 aromatic heterocycles. The first-order valence-electron chi connectivity index (χ1n) is 10.1. The first kappa shape index (κ1) is 22.3. The van der Waals surface area contributed by atoms with E-state index in [1.165, 1.54) is 0 Å². The monoisotopic (exact) mass is 397 g/mol. The van der Waals surface area contributed by atoms with Crippen LogP contribution in [0.4, 0.5) is 10.5 Å². The number of hydrogen-bond acceptors (Lipinski definition) is 3. The average molecular weight is 398 g/mol. The van der Waals surface area contributed by atoms with E-state index in [0.29, 0.717) is 26.1 Å². The lowest BCUT2D eigenvalue weighted by molar-refractivity contribution is -0.121. The van der Waals surface area contributed by atoms with Gasteiger partial charge in [0, 0.05) is 18.8 Å². The Morgan fingerprint density at radius 3 is 2.14 bits per heavy atom. The number of amides is 3. The molecule has 2 N–H and O–H groups in total. The summed E-state index contributed by atoms with van der Waals surface area (Å²) in [6.45, 7) is 9.73. The summed E-state index contributed by atoms with van der Waals surface area (Å²) in [5, 5.41) is 5.90. The number of urea groups is 1. The summed E-state index contributed by atoms with van der Waals surface area (Å²) in [4.78, 5) is 26.2. The van der Waals surface area contributed by atoms with E-state index in [-0.39, 0.29) is 18.0 Å². The number of carbonyl (C=O) groups is 2. The molecule has 0 saturated heterocycles. The molecule has 29 heavy (non-hydrogen) atoms. The Morgan fingerprint density at radius 2 is 1.59 bits per heavy atom. The van der Waals surface area contributed by atoms with Gasteiger partial charge in [0.05, 0.1) is 19.1 Å². The van der Waals surface area contributed by atoms with Crippen LogP contribution in [0.2, 0.25) is 0 Å². The molecule has 0 aliphatic rings. The van der Waals surface area contributed by atoms with Gasteiger partial charge >= 0.3 is 6.03 Å².